The molecule has 0 spiro atoms. The molecule has 0 unspecified atom stereocenters. The Kier molecular flexibility index (Phi) is 6.99. The van der Waals surface area contributed by atoms with Crippen molar-refractivity contribution in [2.75, 3.05) is 29.9 Å². The zero-order valence-corrected chi connectivity index (χ0v) is 19.1. The fourth-order valence-corrected chi connectivity index (χ4v) is 5.46. The molecule has 0 aliphatic carbocycles. The van der Waals surface area contributed by atoms with Crippen molar-refractivity contribution in [3.63, 3.8) is 0 Å². The third kappa shape index (κ3) is 5.51. The van der Waals surface area contributed by atoms with Crippen molar-refractivity contribution in [2.24, 2.45) is 5.92 Å². The van der Waals surface area contributed by atoms with Gasteiger partial charge in [-0.3, -0.25) is 9.59 Å². The predicted molar refractivity (Wildman–Crippen MR) is 128 cm³/mol. The molecule has 31 heavy (non-hydrogen) atoms. The number of benzene rings is 1. The van der Waals surface area contributed by atoms with Crippen molar-refractivity contribution >= 4 is 45.9 Å². The Bertz CT molecular complexity index is 1020. The molecule has 0 radical (unpaired) electrons. The van der Waals surface area contributed by atoms with Crippen LogP contribution in [0.2, 0.25) is 0 Å². The molecule has 2 aromatic heterocycles. The molecule has 1 aromatic carbocycles. The summed E-state index contributed by atoms with van der Waals surface area (Å²) in [5.41, 5.74) is 2.31. The molecule has 162 valence electrons. The standard InChI is InChI=1S/C23H26N4O2S2/c1-16(28)24-11-8-17-9-12-27(13-10-17)20-6-3-2-5-18(20)25-22(29)19-15-31-23(26-19)21-7-4-14-30-21/h2-7,14-15,17H,8-13H2,1H3,(H,24,28)(H,25,29). The predicted octanol–water partition coefficient (Wildman–Crippen LogP) is 4.87. The molecule has 0 saturated carbocycles. The zero-order valence-electron chi connectivity index (χ0n) is 17.5. The maximum atomic E-state index is 12.8. The molecule has 2 N–H and O–H groups in total. The van der Waals surface area contributed by atoms with Crippen molar-refractivity contribution in [1.82, 2.24) is 10.3 Å². The molecule has 6 nitrogen and oxygen atoms in total. The maximum Gasteiger partial charge on any atom is 0.275 e. The van der Waals surface area contributed by atoms with Gasteiger partial charge in [0.25, 0.3) is 5.91 Å². The Hall–Kier alpha value is -2.71. The number of hydrogen-bond donors (Lipinski definition) is 2. The van der Waals surface area contributed by atoms with Gasteiger partial charge in [-0.2, -0.15) is 0 Å². The lowest BCUT2D eigenvalue weighted by Gasteiger charge is -2.34. The van der Waals surface area contributed by atoms with Crippen LogP contribution in [0.3, 0.4) is 0 Å². The summed E-state index contributed by atoms with van der Waals surface area (Å²) in [7, 11) is 0. The van der Waals surface area contributed by atoms with Gasteiger partial charge in [0.2, 0.25) is 5.91 Å². The number of carbonyl (C=O) groups excluding carboxylic acids is 2. The van der Waals surface area contributed by atoms with E-state index >= 15 is 0 Å². The van der Waals surface area contributed by atoms with Crippen molar-refractivity contribution in [1.29, 1.82) is 0 Å². The minimum absolute atomic E-state index is 0.0322. The van der Waals surface area contributed by atoms with Gasteiger partial charge in [-0.25, -0.2) is 4.98 Å². The average molecular weight is 455 g/mol. The number of nitrogens with one attached hydrogen (secondary N) is 2. The monoisotopic (exact) mass is 454 g/mol. The van der Waals surface area contributed by atoms with Crippen LogP contribution in [0.5, 0.6) is 0 Å². The van der Waals surface area contributed by atoms with E-state index in [2.05, 4.69) is 26.6 Å². The number of piperidine rings is 1. The van der Waals surface area contributed by atoms with Crippen LogP contribution in [-0.4, -0.2) is 36.4 Å². The maximum absolute atomic E-state index is 12.8. The summed E-state index contributed by atoms with van der Waals surface area (Å²) in [4.78, 5) is 31.8. The van der Waals surface area contributed by atoms with Crippen LogP contribution in [0.25, 0.3) is 9.88 Å². The van der Waals surface area contributed by atoms with E-state index in [4.69, 9.17) is 0 Å². The number of carbonyl (C=O) groups is 2. The number of nitrogens with zero attached hydrogens (tertiary/aromatic N) is 2. The summed E-state index contributed by atoms with van der Waals surface area (Å²) >= 11 is 3.11. The summed E-state index contributed by atoms with van der Waals surface area (Å²) < 4.78 is 0. The third-order valence-electron chi connectivity index (χ3n) is 5.50. The number of para-hydroxylation sites is 2. The van der Waals surface area contributed by atoms with Crippen LogP contribution in [0.4, 0.5) is 11.4 Å². The second-order valence-electron chi connectivity index (χ2n) is 7.69. The Morgan fingerprint density at radius 1 is 1.13 bits per heavy atom. The Labute approximate surface area is 190 Å². The van der Waals surface area contributed by atoms with Crippen LogP contribution >= 0.6 is 22.7 Å². The van der Waals surface area contributed by atoms with Crippen LogP contribution in [0.15, 0.2) is 47.2 Å². The summed E-state index contributed by atoms with van der Waals surface area (Å²) in [6.07, 6.45) is 3.18. The van der Waals surface area contributed by atoms with E-state index in [1.807, 2.05) is 41.1 Å². The topological polar surface area (TPSA) is 74.3 Å². The molecule has 1 saturated heterocycles. The largest absolute Gasteiger partial charge is 0.370 e. The summed E-state index contributed by atoms with van der Waals surface area (Å²) in [6, 6.07) is 12.0. The molecule has 3 heterocycles. The van der Waals surface area contributed by atoms with Gasteiger partial charge in [-0.1, -0.05) is 18.2 Å². The second-order valence-corrected chi connectivity index (χ2v) is 9.49. The molecule has 0 atom stereocenters. The summed E-state index contributed by atoms with van der Waals surface area (Å²) in [5.74, 6) is 0.469. The van der Waals surface area contributed by atoms with Crippen molar-refractivity contribution < 1.29 is 9.59 Å². The minimum Gasteiger partial charge on any atom is -0.370 e. The third-order valence-corrected chi connectivity index (χ3v) is 7.38. The fourth-order valence-electron chi connectivity index (χ4n) is 3.85. The Morgan fingerprint density at radius 3 is 2.68 bits per heavy atom. The quantitative estimate of drug-likeness (QED) is 0.534. The smallest absolute Gasteiger partial charge is 0.275 e. The fraction of sp³-hybridized carbons (Fsp3) is 0.348. The highest BCUT2D eigenvalue weighted by Gasteiger charge is 2.22. The number of amides is 2. The molecule has 3 aromatic rings. The van der Waals surface area contributed by atoms with Gasteiger partial charge in [0, 0.05) is 31.9 Å². The van der Waals surface area contributed by atoms with Gasteiger partial charge in [-0.05, 0) is 48.8 Å². The molecule has 4 rings (SSSR count). The highest BCUT2D eigenvalue weighted by atomic mass is 32.1. The van der Waals surface area contributed by atoms with Crippen LogP contribution in [0, 0.1) is 5.92 Å². The number of thiophene rings is 1. The number of rotatable bonds is 7. The normalized spacial score (nSPS) is 14.4. The molecule has 1 aliphatic heterocycles. The number of anilines is 2. The summed E-state index contributed by atoms with van der Waals surface area (Å²) in [6.45, 7) is 4.18. The van der Waals surface area contributed by atoms with E-state index in [9.17, 15) is 9.59 Å². The number of hydrogen-bond acceptors (Lipinski definition) is 6. The molecular formula is C23H26N4O2S2. The minimum atomic E-state index is -0.184. The molecule has 2 amide bonds. The first-order valence-corrected chi connectivity index (χ1v) is 12.3. The Balaban J connectivity index is 1.38. The molecule has 8 heteroatoms. The lowest BCUT2D eigenvalue weighted by atomic mass is 9.93. The van der Waals surface area contributed by atoms with Gasteiger partial charge in [0.05, 0.1) is 16.3 Å². The van der Waals surface area contributed by atoms with E-state index in [1.165, 1.54) is 11.3 Å². The summed E-state index contributed by atoms with van der Waals surface area (Å²) in [5, 5.41) is 10.6. The van der Waals surface area contributed by atoms with Crippen LogP contribution in [0.1, 0.15) is 36.7 Å². The molecular weight excluding hydrogens is 428 g/mol. The van der Waals surface area contributed by atoms with E-state index in [0.717, 1.165) is 60.2 Å². The van der Waals surface area contributed by atoms with Crippen LogP contribution in [-0.2, 0) is 4.79 Å². The van der Waals surface area contributed by atoms with E-state index in [-0.39, 0.29) is 11.8 Å². The van der Waals surface area contributed by atoms with E-state index in [1.54, 1.807) is 18.3 Å². The first kappa shape index (κ1) is 21.5. The van der Waals surface area contributed by atoms with E-state index in [0.29, 0.717) is 11.6 Å². The van der Waals surface area contributed by atoms with Crippen LogP contribution < -0.4 is 15.5 Å². The highest BCUT2D eigenvalue weighted by molar-refractivity contribution is 7.20. The number of thiazole rings is 1. The van der Waals surface area contributed by atoms with Gasteiger partial charge in [0.1, 0.15) is 10.7 Å². The van der Waals surface area contributed by atoms with Crippen molar-refractivity contribution in [3.8, 4) is 9.88 Å². The van der Waals surface area contributed by atoms with Crippen molar-refractivity contribution in [2.45, 2.75) is 26.2 Å². The Morgan fingerprint density at radius 2 is 1.94 bits per heavy atom. The lowest BCUT2D eigenvalue weighted by Crippen LogP contribution is -2.35. The SMILES string of the molecule is CC(=O)NCCC1CCN(c2ccccc2NC(=O)c2csc(-c3cccs3)n2)CC1. The van der Waals surface area contributed by atoms with Crippen molar-refractivity contribution in [3.05, 3.63) is 52.9 Å². The van der Waals surface area contributed by atoms with Gasteiger partial charge < -0.3 is 15.5 Å². The molecule has 1 fully saturated rings. The first-order valence-electron chi connectivity index (χ1n) is 10.5. The molecule has 0 bridgehead atoms. The average Bonchev–Trinajstić information content (AvgIpc) is 3.46. The second kappa shape index (κ2) is 10.1. The van der Waals surface area contributed by atoms with Gasteiger partial charge in [0.15, 0.2) is 0 Å². The van der Waals surface area contributed by atoms with Gasteiger partial charge >= 0.3 is 0 Å². The zero-order chi connectivity index (χ0) is 21.6. The first-order chi connectivity index (χ1) is 15.1. The number of aromatic nitrogens is 1. The van der Waals surface area contributed by atoms with Gasteiger partial charge in [-0.15, -0.1) is 22.7 Å². The highest BCUT2D eigenvalue weighted by Crippen LogP contribution is 2.32. The van der Waals surface area contributed by atoms with E-state index < -0.39 is 0 Å². The molecule has 1 aliphatic rings. The lowest BCUT2D eigenvalue weighted by molar-refractivity contribution is -0.119.